The molecule has 0 saturated heterocycles. The SMILES string of the molecule is CNC(=O)C[C@@H]1CN(C(=O)c2cc3cc(Cl)ccc3o2)Cc2ccnn21. The Hall–Kier alpha value is -2.80. The minimum atomic E-state index is -0.216. The number of fused-ring (bicyclic) bond motifs is 2. The van der Waals surface area contributed by atoms with Crippen LogP contribution in [0, 0.1) is 0 Å². The maximum absolute atomic E-state index is 13.0. The first kappa shape index (κ1) is 16.7. The number of amides is 2. The van der Waals surface area contributed by atoms with Gasteiger partial charge >= 0.3 is 0 Å². The Kier molecular flexibility index (Phi) is 4.16. The van der Waals surface area contributed by atoms with E-state index in [1.807, 2.05) is 10.7 Å². The molecule has 0 spiro atoms. The Morgan fingerprint density at radius 1 is 1.35 bits per heavy atom. The van der Waals surface area contributed by atoms with Gasteiger partial charge in [0.15, 0.2) is 5.76 Å². The Balaban J connectivity index is 1.62. The van der Waals surface area contributed by atoms with E-state index >= 15 is 0 Å². The van der Waals surface area contributed by atoms with Crippen molar-refractivity contribution in [2.75, 3.05) is 13.6 Å². The highest BCUT2D eigenvalue weighted by molar-refractivity contribution is 6.31. The zero-order chi connectivity index (χ0) is 18.3. The number of carbonyl (C=O) groups excluding carboxylic acids is 2. The Morgan fingerprint density at radius 2 is 2.19 bits per heavy atom. The van der Waals surface area contributed by atoms with E-state index in [0.717, 1.165) is 11.1 Å². The summed E-state index contributed by atoms with van der Waals surface area (Å²) in [6.07, 6.45) is 1.94. The molecular weight excluding hydrogens is 356 g/mol. The molecule has 0 fully saturated rings. The zero-order valence-electron chi connectivity index (χ0n) is 14.1. The summed E-state index contributed by atoms with van der Waals surface area (Å²) in [5, 5.41) is 8.29. The molecule has 8 heteroatoms. The van der Waals surface area contributed by atoms with Gasteiger partial charge in [0.05, 0.1) is 24.7 Å². The second-order valence-corrected chi connectivity index (χ2v) is 6.71. The monoisotopic (exact) mass is 372 g/mol. The first-order valence-corrected chi connectivity index (χ1v) is 8.64. The highest BCUT2D eigenvalue weighted by atomic mass is 35.5. The maximum atomic E-state index is 13.0. The summed E-state index contributed by atoms with van der Waals surface area (Å²) in [6, 6.07) is 8.57. The number of carbonyl (C=O) groups is 2. The second-order valence-electron chi connectivity index (χ2n) is 6.28. The van der Waals surface area contributed by atoms with Crippen LogP contribution in [0.2, 0.25) is 5.02 Å². The van der Waals surface area contributed by atoms with Crippen molar-refractivity contribution in [1.29, 1.82) is 0 Å². The van der Waals surface area contributed by atoms with Gasteiger partial charge in [-0.15, -0.1) is 0 Å². The summed E-state index contributed by atoms with van der Waals surface area (Å²) in [7, 11) is 1.59. The largest absolute Gasteiger partial charge is 0.451 e. The number of nitrogens with zero attached hydrogens (tertiary/aromatic N) is 3. The van der Waals surface area contributed by atoms with Gasteiger partial charge in [-0.25, -0.2) is 0 Å². The molecule has 0 unspecified atom stereocenters. The normalized spacial score (nSPS) is 16.5. The van der Waals surface area contributed by atoms with Gasteiger partial charge in [0.2, 0.25) is 5.91 Å². The van der Waals surface area contributed by atoms with E-state index in [1.54, 1.807) is 42.4 Å². The Morgan fingerprint density at radius 3 is 3.00 bits per heavy atom. The maximum Gasteiger partial charge on any atom is 0.290 e. The molecule has 3 heterocycles. The standard InChI is InChI=1S/C18H17ClN4O3/c1-20-17(24)8-14-10-22(9-13-4-5-21-23(13)14)18(25)16-7-11-6-12(19)2-3-15(11)26-16/h2-7,14H,8-10H2,1H3,(H,20,24)/t14-/m1/s1. The lowest BCUT2D eigenvalue weighted by molar-refractivity contribution is -0.121. The summed E-state index contributed by atoms with van der Waals surface area (Å²) in [5.74, 6) is -0.0512. The molecule has 7 nitrogen and oxygen atoms in total. The van der Waals surface area contributed by atoms with E-state index in [0.29, 0.717) is 23.7 Å². The van der Waals surface area contributed by atoms with Crippen LogP contribution in [0.15, 0.2) is 40.9 Å². The third-order valence-corrected chi connectivity index (χ3v) is 4.79. The van der Waals surface area contributed by atoms with Gasteiger partial charge < -0.3 is 14.6 Å². The molecule has 2 amide bonds. The second kappa shape index (κ2) is 6.49. The van der Waals surface area contributed by atoms with Crippen molar-refractivity contribution >= 4 is 34.4 Å². The number of nitrogens with one attached hydrogen (secondary N) is 1. The van der Waals surface area contributed by atoms with Crippen molar-refractivity contribution in [2.24, 2.45) is 0 Å². The van der Waals surface area contributed by atoms with Crippen molar-refractivity contribution in [3.8, 4) is 0 Å². The van der Waals surface area contributed by atoms with Gasteiger partial charge in [0.1, 0.15) is 5.58 Å². The van der Waals surface area contributed by atoms with E-state index in [-0.39, 0.29) is 30.0 Å². The summed E-state index contributed by atoms with van der Waals surface area (Å²) >= 11 is 6.00. The zero-order valence-corrected chi connectivity index (χ0v) is 14.9. The molecule has 0 aliphatic carbocycles. The van der Waals surface area contributed by atoms with Crippen molar-refractivity contribution in [1.82, 2.24) is 20.0 Å². The Labute approximate surface area is 154 Å². The third-order valence-electron chi connectivity index (χ3n) is 4.56. The third kappa shape index (κ3) is 2.94. The van der Waals surface area contributed by atoms with Crippen LogP contribution in [-0.4, -0.2) is 40.1 Å². The van der Waals surface area contributed by atoms with Crippen LogP contribution in [0.5, 0.6) is 0 Å². The molecule has 1 aromatic carbocycles. The van der Waals surface area contributed by atoms with Gasteiger partial charge in [0.25, 0.3) is 5.91 Å². The molecule has 3 aromatic rings. The van der Waals surface area contributed by atoms with Crippen LogP contribution < -0.4 is 5.32 Å². The molecular formula is C18H17ClN4O3. The number of hydrogen-bond donors (Lipinski definition) is 1. The van der Waals surface area contributed by atoms with Gasteiger partial charge in [-0.3, -0.25) is 14.3 Å². The smallest absolute Gasteiger partial charge is 0.290 e. The van der Waals surface area contributed by atoms with Gasteiger partial charge in [-0.05, 0) is 30.3 Å². The van der Waals surface area contributed by atoms with Crippen LogP contribution in [-0.2, 0) is 11.3 Å². The van der Waals surface area contributed by atoms with E-state index in [9.17, 15) is 9.59 Å². The average Bonchev–Trinajstić information content (AvgIpc) is 3.26. The number of halogens is 1. The molecule has 1 aliphatic rings. The van der Waals surface area contributed by atoms with E-state index in [2.05, 4.69) is 10.4 Å². The Bertz CT molecular complexity index is 993. The van der Waals surface area contributed by atoms with Crippen LogP contribution in [0.3, 0.4) is 0 Å². The van der Waals surface area contributed by atoms with Crippen LogP contribution in [0.1, 0.15) is 28.7 Å². The molecule has 4 rings (SSSR count). The van der Waals surface area contributed by atoms with Crippen LogP contribution in [0.25, 0.3) is 11.0 Å². The minimum Gasteiger partial charge on any atom is -0.451 e. The highest BCUT2D eigenvalue weighted by Crippen LogP contribution is 2.27. The molecule has 1 atom stereocenters. The lowest BCUT2D eigenvalue weighted by Crippen LogP contribution is -2.42. The first-order chi connectivity index (χ1) is 12.5. The lowest BCUT2D eigenvalue weighted by Gasteiger charge is -2.33. The van der Waals surface area contributed by atoms with E-state index in [4.69, 9.17) is 16.0 Å². The quantitative estimate of drug-likeness (QED) is 0.766. The summed E-state index contributed by atoms with van der Waals surface area (Å²) in [6.45, 7) is 0.805. The van der Waals surface area contributed by atoms with Crippen LogP contribution in [0.4, 0.5) is 0 Å². The number of aromatic nitrogens is 2. The molecule has 1 aliphatic heterocycles. The minimum absolute atomic E-state index is 0.0934. The fourth-order valence-corrected chi connectivity index (χ4v) is 3.47. The van der Waals surface area contributed by atoms with Crippen molar-refractivity contribution in [3.63, 3.8) is 0 Å². The fraction of sp³-hybridized carbons (Fsp3) is 0.278. The molecule has 0 radical (unpaired) electrons. The fourth-order valence-electron chi connectivity index (χ4n) is 3.28. The number of benzene rings is 1. The number of furan rings is 1. The molecule has 26 heavy (non-hydrogen) atoms. The molecule has 0 saturated carbocycles. The highest BCUT2D eigenvalue weighted by Gasteiger charge is 2.31. The van der Waals surface area contributed by atoms with Crippen molar-refractivity contribution < 1.29 is 14.0 Å². The van der Waals surface area contributed by atoms with Crippen LogP contribution >= 0.6 is 11.6 Å². The van der Waals surface area contributed by atoms with Gasteiger partial charge in [-0.1, -0.05) is 11.6 Å². The average molecular weight is 373 g/mol. The topological polar surface area (TPSA) is 80.4 Å². The molecule has 134 valence electrons. The first-order valence-electron chi connectivity index (χ1n) is 8.26. The lowest BCUT2D eigenvalue weighted by atomic mass is 10.1. The predicted molar refractivity (Wildman–Crippen MR) is 95.9 cm³/mol. The number of hydrogen-bond acceptors (Lipinski definition) is 4. The summed E-state index contributed by atoms with van der Waals surface area (Å²) < 4.78 is 7.51. The molecule has 1 N–H and O–H groups in total. The van der Waals surface area contributed by atoms with E-state index in [1.165, 1.54) is 0 Å². The summed E-state index contributed by atoms with van der Waals surface area (Å²) in [5.41, 5.74) is 1.50. The van der Waals surface area contributed by atoms with E-state index < -0.39 is 0 Å². The van der Waals surface area contributed by atoms with Gasteiger partial charge in [-0.2, -0.15) is 5.10 Å². The van der Waals surface area contributed by atoms with Crippen molar-refractivity contribution in [3.05, 3.63) is 53.0 Å². The summed E-state index contributed by atoms with van der Waals surface area (Å²) in [4.78, 5) is 26.5. The molecule has 2 aromatic heterocycles. The predicted octanol–water partition coefficient (Wildman–Crippen LogP) is 2.62. The van der Waals surface area contributed by atoms with Gasteiger partial charge in [0, 0.05) is 30.2 Å². The number of rotatable bonds is 3. The molecule has 0 bridgehead atoms. The van der Waals surface area contributed by atoms with Crippen molar-refractivity contribution in [2.45, 2.75) is 19.0 Å².